The Kier molecular flexibility index (Phi) is 5.76. The third-order valence-corrected chi connectivity index (χ3v) is 3.94. The van der Waals surface area contributed by atoms with Crippen LogP contribution in [0.25, 0.3) is 0 Å². The van der Waals surface area contributed by atoms with Crippen LogP contribution in [0.1, 0.15) is 27.4 Å². The van der Waals surface area contributed by atoms with E-state index in [-0.39, 0.29) is 30.6 Å². The zero-order valence-electron chi connectivity index (χ0n) is 14.1. The summed E-state index contributed by atoms with van der Waals surface area (Å²) in [5, 5.41) is 13.2. The van der Waals surface area contributed by atoms with E-state index >= 15 is 0 Å². The summed E-state index contributed by atoms with van der Waals surface area (Å²) in [5.74, 6) is -0.516. The number of carbonyl (C=O) groups excluding carboxylic acids is 1. The molecule has 0 atom stereocenters. The fraction of sp³-hybridized carbons (Fsp3) is 0.200. The molecule has 2 aromatic carbocycles. The van der Waals surface area contributed by atoms with E-state index in [9.17, 15) is 14.3 Å². The van der Waals surface area contributed by atoms with Crippen molar-refractivity contribution in [1.29, 1.82) is 0 Å². The minimum absolute atomic E-state index is 0.117. The van der Waals surface area contributed by atoms with Crippen LogP contribution in [0.2, 0.25) is 0 Å². The molecule has 0 unspecified atom stereocenters. The van der Waals surface area contributed by atoms with Gasteiger partial charge in [0.25, 0.3) is 5.91 Å². The number of aromatic nitrogens is 1. The fourth-order valence-corrected chi connectivity index (χ4v) is 2.64. The maximum atomic E-state index is 13.0. The highest BCUT2D eigenvalue weighted by molar-refractivity contribution is 5.91. The van der Waals surface area contributed by atoms with E-state index in [1.54, 1.807) is 18.2 Å². The van der Waals surface area contributed by atoms with Crippen LogP contribution in [-0.2, 0) is 13.0 Å². The molecule has 1 aromatic heterocycles. The predicted molar refractivity (Wildman–Crippen MR) is 94.0 cm³/mol. The highest BCUT2D eigenvalue weighted by Gasteiger charge is 2.20. The molecule has 3 aromatic rings. The first kappa shape index (κ1) is 17.8. The van der Waals surface area contributed by atoms with Crippen molar-refractivity contribution in [2.75, 3.05) is 13.2 Å². The average molecular weight is 354 g/mol. The largest absolute Gasteiger partial charge is 0.395 e. The number of hydrogen-bond acceptors (Lipinski definition) is 4. The first-order valence-corrected chi connectivity index (χ1v) is 8.30. The number of benzene rings is 2. The number of hydrogen-bond donors (Lipinski definition) is 1. The van der Waals surface area contributed by atoms with E-state index in [1.165, 1.54) is 17.0 Å². The van der Waals surface area contributed by atoms with Gasteiger partial charge < -0.3 is 14.5 Å². The maximum absolute atomic E-state index is 13.0. The molecule has 0 fully saturated rings. The Morgan fingerprint density at radius 3 is 2.50 bits per heavy atom. The van der Waals surface area contributed by atoms with Crippen LogP contribution in [0.3, 0.4) is 0 Å². The van der Waals surface area contributed by atoms with E-state index in [2.05, 4.69) is 5.16 Å². The standard InChI is InChI=1S/C20H19FN2O3/c21-17-8-6-15(7-9-17)12-18-13-19(26-22-18)20(25)23(10-11-24)14-16-4-2-1-3-5-16/h1-9,13,24H,10-12,14H2. The number of carbonyl (C=O) groups is 1. The molecule has 0 spiro atoms. The van der Waals surface area contributed by atoms with E-state index in [0.717, 1.165) is 11.1 Å². The number of nitrogens with zero attached hydrogens (tertiary/aromatic N) is 2. The second-order valence-electron chi connectivity index (χ2n) is 5.92. The lowest BCUT2D eigenvalue weighted by molar-refractivity contribution is 0.0666. The lowest BCUT2D eigenvalue weighted by atomic mass is 10.1. The van der Waals surface area contributed by atoms with Crippen molar-refractivity contribution >= 4 is 5.91 Å². The van der Waals surface area contributed by atoms with Crippen molar-refractivity contribution in [3.8, 4) is 0 Å². The summed E-state index contributed by atoms with van der Waals surface area (Å²) in [7, 11) is 0. The van der Waals surface area contributed by atoms with E-state index in [1.807, 2.05) is 30.3 Å². The Morgan fingerprint density at radius 2 is 1.81 bits per heavy atom. The van der Waals surface area contributed by atoms with Crippen molar-refractivity contribution < 1.29 is 18.8 Å². The van der Waals surface area contributed by atoms with Gasteiger partial charge in [0.1, 0.15) is 5.82 Å². The summed E-state index contributed by atoms with van der Waals surface area (Å²) in [5.41, 5.74) is 2.42. The Bertz CT molecular complexity index is 847. The maximum Gasteiger partial charge on any atom is 0.292 e. The van der Waals surface area contributed by atoms with E-state index in [0.29, 0.717) is 18.7 Å². The van der Waals surface area contributed by atoms with Crippen molar-refractivity contribution in [2.24, 2.45) is 0 Å². The molecule has 0 aliphatic carbocycles. The highest BCUT2D eigenvalue weighted by atomic mass is 19.1. The van der Waals surface area contributed by atoms with Crippen LogP contribution in [0, 0.1) is 5.82 Å². The predicted octanol–water partition coefficient (Wildman–Crippen LogP) is 3.04. The molecule has 26 heavy (non-hydrogen) atoms. The molecule has 1 amide bonds. The zero-order chi connectivity index (χ0) is 18.4. The summed E-state index contributed by atoms with van der Waals surface area (Å²) in [6.07, 6.45) is 0.440. The minimum atomic E-state index is -0.333. The van der Waals surface area contributed by atoms with Gasteiger partial charge in [0.05, 0.1) is 12.3 Å². The van der Waals surface area contributed by atoms with Gasteiger partial charge in [-0.25, -0.2) is 4.39 Å². The first-order valence-electron chi connectivity index (χ1n) is 8.30. The van der Waals surface area contributed by atoms with Gasteiger partial charge in [-0.1, -0.05) is 47.6 Å². The SMILES string of the molecule is O=C(c1cc(Cc2ccc(F)cc2)no1)N(CCO)Cc1ccccc1. The summed E-state index contributed by atoms with van der Waals surface area (Å²) >= 11 is 0. The van der Waals surface area contributed by atoms with Crippen molar-refractivity contribution in [1.82, 2.24) is 10.1 Å². The smallest absolute Gasteiger partial charge is 0.292 e. The molecule has 0 bridgehead atoms. The van der Waals surface area contributed by atoms with Crippen LogP contribution in [0.15, 0.2) is 65.2 Å². The molecule has 1 N–H and O–H groups in total. The quantitative estimate of drug-likeness (QED) is 0.708. The summed E-state index contributed by atoms with van der Waals surface area (Å²) in [6.45, 7) is 0.422. The Labute approximate surface area is 150 Å². The topological polar surface area (TPSA) is 66.6 Å². The molecular weight excluding hydrogens is 335 g/mol. The fourth-order valence-electron chi connectivity index (χ4n) is 2.64. The lowest BCUT2D eigenvalue weighted by Crippen LogP contribution is -2.32. The molecule has 6 heteroatoms. The first-order chi connectivity index (χ1) is 12.7. The summed E-state index contributed by atoms with van der Waals surface area (Å²) < 4.78 is 18.2. The van der Waals surface area contributed by atoms with Gasteiger partial charge in [-0.15, -0.1) is 0 Å². The number of amides is 1. The van der Waals surface area contributed by atoms with Gasteiger partial charge in [0, 0.05) is 25.6 Å². The molecule has 0 radical (unpaired) electrons. The van der Waals surface area contributed by atoms with Crippen LogP contribution in [0.4, 0.5) is 4.39 Å². The normalized spacial score (nSPS) is 10.7. The van der Waals surface area contributed by atoms with Crippen LogP contribution < -0.4 is 0 Å². The van der Waals surface area contributed by atoms with Crippen LogP contribution in [0.5, 0.6) is 0 Å². The minimum Gasteiger partial charge on any atom is -0.395 e. The molecular formula is C20H19FN2O3. The molecule has 134 valence electrons. The number of rotatable bonds is 7. The van der Waals surface area contributed by atoms with E-state index < -0.39 is 0 Å². The van der Waals surface area contributed by atoms with Crippen LogP contribution >= 0.6 is 0 Å². The van der Waals surface area contributed by atoms with Gasteiger partial charge in [0.2, 0.25) is 5.76 Å². The highest BCUT2D eigenvalue weighted by Crippen LogP contribution is 2.14. The lowest BCUT2D eigenvalue weighted by Gasteiger charge is -2.20. The molecule has 1 heterocycles. The van der Waals surface area contributed by atoms with Gasteiger partial charge in [-0.3, -0.25) is 4.79 Å². The van der Waals surface area contributed by atoms with Gasteiger partial charge >= 0.3 is 0 Å². The Hall–Kier alpha value is -2.99. The van der Waals surface area contributed by atoms with Gasteiger partial charge in [-0.2, -0.15) is 0 Å². The second kappa shape index (κ2) is 8.40. The number of aliphatic hydroxyl groups is 1. The summed E-state index contributed by atoms with van der Waals surface area (Å²) in [4.78, 5) is 14.2. The van der Waals surface area contributed by atoms with Crippen LogP contribution in [-0.4, -0.2) is 34.2 Å². The Balaban J connectivity index is 1.71. The molecule has 3 rings (SSSR count). The molecule has 0 aliphatic rings. The average Bonchev–Trinajstić information content (AvgIpc) is 3.12. The van der Waals surface area contributed by atoms with Crippen molar-refractivity contribution in [3.63, 3.8) is 0 Å². The van der Waals surface area contributed by atoms with E-state index in [4.69, 9.17) is 4.52 Å². The third-order valence-electron chi connectivity index (χ3n) is 3.94. The number of aliphatic hydroxyl groups excluding tert-OH is 1. The monoisotopic (exact) mass is 354 g/mol. The molecule has 0 saturated heterocycles. The van der Waals surface area contributed by atoms with Crippen molar-refractivity contribution in [2.45, 2.75) is 13.0 Å². The molecule has 5 nitrogen and oxygen atoms in total. The summed E-state index contributed by atoms with van der Waals surface area (Å²) in [6, 6.07) is 17.2. The van der Waals surface area contributed by atoms with Gasteiger partial charge in [-0.05, 0) is 23.3 Å². The number of halogens is 1. The molecule has 0 aliphatic heterocycles. The van der Waals surface area contributed by atoms with Crippen molar-refractivity contribution in [3.05, 3.63) is 89.1 Å². The third kappa shape index (κ3) is 4.55. The Morgan fingerprint density at radius 1 is 1.08 bits per heavy atom. The zero-order valence-corrected chi connectivity index (χ0v) is 14.1. The van der Waals surface area contributed by atoms with Gasteiger partial charge in [0.15, 0.2) is 0 Å². The second-order valence-corrected chi connectivity index (χ2v) is 5.92. The molecule has 0 saturated carbocycles.